The molecule has 26 heavy (non-hydrogen) atoms. The van der Waals surface area contributed by atoms with Crippen LogP contribution in [0.4, 0.5) is 10.5 Å². The highest BCUT2D eigenvalue weighted by Crippen LogP contribution is 2.25. The van der Waals surface area contributed by atoms with Crippen molar-refractivity contribution < 1.29 is 4.79 Å². The lowest BCUT2D eigenvalue weighted by Gasteiger charge is -2.15. The van der Waals surface area contributed by atoms with Gasteiger partial charge in [-0.05, 0) is 50.1 Å². The molecule has 134 valence electrons. The van der Waals surface area contributed by atoms with Crippen molar-refractivity contribution in [3.63, 3.8) is 0 Å². The minimum absolute atomic E-state index is 0.381. The van der Waals surface area contributed by atoms with Gasteiger partial charge in [-0.25, -0.2) is 19.7 Å². The van der Waals surface area contributed by atoms with Crippen molar-refractivity contribution >= 4 is 23.3 Å². The van der Waals surface area contributed by atoms with Crippen LogP contribution in [0.2, 0.25) is 5.02 Å². The summed E-state index contributed by atoms with van der Waals surface area (Å²) < 4.78 is 1.48. The molecule has 8 nitrogen and oxygen atoms in total. The van der Waals surface area contributed by atoms with Crippen LogP contribution < -0.4 is 10.6 Å². The second-order valence-corrected chi connectivity index (χ2v) is 6.22. The standard InChI is InChI=1S/C17H18ClN7O/c1-10-7-13(18)14(8-11(10)2)24-17(26)23-12(3)15-21-9-22-25(15)16-19-5-4-6-20-16/h4-9,12H,1-3H3,(H2,23,24,26)/t12-/m0/s1. The first kappa shape index (κ1) is 17.8. The molecule has 0 saturated carbocycles. The van der Waals surface area contributed by atoms with Gasteiger partial charge in [0.15, 0.2) is 5.82 Å². The highest BCUT2D eigenvalue weighted by atomic mass is 35.5. The molecule has 2 N–H and O–H groups in total. The molecule has 0 aliphatic carbocycles. The third kappa shape index (κ3) is 3.80. The largest absolute Gasteiger partial charge is 0.328 e. The minimum atomic E-state index is -0.424. The molecule has 0 aliphatic rings. The van der Waals surface area contributed by atoms with Crippen LogP contribution in [0.25, 0.3) is 5.95 Å². The molecule has 0 aliphatic heterocycles. The summed E-state index contributed by atoms with van der Waals surface area (Å²) >= 11 is 6.20. The summed E-state index contributed by atoms with van der Waals surface area (Å²) in [6.45, 7) is 5.72. The van der Waals surface area contributed by atoms with E-state index in [2.05, 4.69) is 30.7 Å². The third-order valence-corrected chi connectivity index (χ3v) is 4.19. The predicted octanol–water partition coefficient (Wildman–Crippen LogP) is 3.21. The van der Waals surface area contributed by atoms with E-state index >= 15 is 0 Å². The lowest BCUT2D eigenvalue weighted by molar-refractivity contribution is 0.248. The normalized spacial score (nSPS) is 11.8. The predicted molar refractivity (Wildman–Crippen MR) is 98.4 cm³/mol. The monoisotopic (exact) mass is 371 g/mol. The van der Waals surface area contributed by atoms with E-state index in [4.69, 9.17) is 11.6 Å². The number of rotatable bonds is 4. The van der Waals surface area contributed by atoms with Crippen LogP contribution in [0.5, 0.6) is 0 Å². The quantitative estimate of drug-likeness (QED) is 0.733. The van der Waals surface area contributed by atoms with E-state index in [0.717, 1.165) is 11.1 Å². The molecule has 3 rings (SSSR count). The van der Waals surface area contributed by atoms with Crippen molar-refractivity contribution in [3.05, 3.63) is 58.9 Å². The van der Waals surface area contributed by atoms with Gasteiger partial charge in [0.05, 0.1) is 16.8 Å². The Morgan fingerprint density at radius 1 is 1.15 bits per heavy atom. The van der Waals surface area contributed by atoms with Crippen LogP contribution in [0.3, 0.4) is 0 Å². The molecule has 1 aromatic carbocycles. The number of benzene rings is 1. The Kier molecular flexibility index (Phi) is 5.13. The number of carbonyl (C=O) groups excluding carboxylic acids is 1. The molecule has 1 atom stereocenters. The molecular weight excluding hydrogens is 354 g/mol. The van der Waals surface area contributed by atoms with Gasteiger partial charge in [-0.15, -0.1) is 0 Å². The molecule has 0 radical (unpaired) electrons. The number of nitrogens with one attached hydrogen (secondary N) is 2. The Morgan fingerprint density at radius 2 is 1.85 bits per heavy atom. The zero-order valence-corrected chi connectivity index (χ0v) is 15.3. The number of halogens is 1. The van der Waals surface area contributed by atoms with Gasteiger partial charge in [0.2, 0.25) is 0 Å². The fourth-order valence-electron chi connectivity index (χ4n) is 2.40. The maximum absolute atomic E-state index is 12.3. The number of urea groups is 1. The highest BCUT2D eigenvalue weighted by molar-refractivity contribution is 6.33. The molecule has 2 amide bonds. The average molecular weight is 372 g/mol. The Hall–Kier alpha value is -3.00. The summed E-state index contributed by atoms with van der Waals surface area (Å²) in [5, 5.41) is 10.2. The zero-order chi connectivity index (χ0) is 18.7. The molecular formula is C17H18ClN7O. The molecule has 0 bridgehead atoms. The van der Waals surface area contributed by atoms with Gasteiger partial charge in [-0.3, -0.25) is 0 Å². The second kappa shape index (κ2) is 7.49. The Bertz CT molecular complexity index is 926. The first-order valence-corrected chi connectivity index (χ1v) is 8.35. The number of anilines is 1. The van der Waals surface area contributed by atoms with Gasteiger partial charge < -0.3 is 10.6 Å². The fraction of sp³-hybridized carbons (Fsp3) is 0.235. The van der Waals surface area contributed by atoms with Gasteiger partial charge in [0.25, 0.3) is 5.95 Å². The van der Waals surface area contributed by atoms with Gasteiger partial charge in [0, 0.05) is 12.4 Å². The Labute approximate surface area is 155 Å². The first-order chi connectivity index (χ1) is 12.5. The SMILES string of the molecule is Cc1cc(Cl)c(NC(=O)N[C@@H](C)c2ncnn2-c2ncccn2)cc1C. The van der Waals surface area contributed by atoms with E-state index in [1.165, 1.54) is 11.0 Å². The maximum atomic E-state index is 12.3. The smallest absolute Gasteiger partial charge is 0.319 e. The van der Waals surface area contributed by atoms with E-state index in [1.54, 1.807) is 25.4 Å². The van der Waals surface area contributed by atoms with E-state index < -0.39 is 12.1 Å². The van der Waals surface area contributed by atoms with Crippen LogP contribution in [0.15, 0.2) is 36.9 Å². The van der Waals surface area contributed by atoms with Crippen LogP contribution in [0, 0.1) is 13.8 Å². The summed E-state index contributed by atoms with van der Waals surface area (Å²) in [5.41, 5.74) is 2.65. The van der Waals surface area contributed by atoms with E-state index in [9.17, 15) is 4.79 Å². The summed E-state index contributed by atoms with van der Waals surface area (Å²) in [6, 6.07) is 4.54. The second-order valence-electron chi connectivity index (χ2n) is 5.82. The molecule has 0 saturated heterocycles. The summed E-state index contributed by atoms with van der Waals surface area (Å²) in [4.78, 5) is 24.8. The summed E-state index contributed by atoms with van der Waals surface area (Å²) in [6.07, 6.45) is 4.61. The number of hydrogen-bond acceptors (Lipinski definition) is 5. The number of aromatic nitrogens is 5. The minimum Gasteiger partial charge on any atom is -0.328 e. The third-order valence-electron chi connectivity index (χ3n) is 3.88. The van der Waals surface area contributed by atoms with E-state index in [-0.39, 0.29) is 0 Å². The van der Waals surface area contributed by atoms with E-state index in [0.29, 0.717) is 22.5 Å². The number of carbonyl (C=O) groups is 1. The number of hydrogen-bond donors (Lipinski definition) is 2. The lowest BCUT2D eigenvalue weighted by atomic mass is 10.1. The fourth-order valence-corrected chi connectivity index (χ4v) is 2.66. The van der Waals surface area contributed by atoms with Gasteiger partial charge in [-0.1, -0.05) is 11.6 Å². The van der Waals surface area contributed by atoms with Crippen LogP contribution in [-0.4, -0.2) is 30.8 Å². The lowest BCUT2D eigenvalue weighted by Crippen LogP contribution is -2.32. The van der Waals surface area contributed by atoms with Crippen molar-refractivity contribution in [1.29, 1.82) is 0 Å². The van der Waals surface area contributed by atoms with Crippen LogP contribution in [0.1, 0.15) is 29.9 Å². The molecule has 9 heteroatoms. The number of amides is 2. The molecule has 2 aromatic heterocycles. The van der Waals surface area contributed by atoms with Crippen molar-refractivity contribution in [3.8, 4) is 5.95 Å². The average Bonchev–Trinajstić information content (AvgIpc) is 3.10. The van der Waals surface area contributed by atoms with Crippen molar-refractivity contribution in [2.24, 2.45) is 0 Å². The number of nitrogens with zero attached hydrogens (tertiary/aromatic N) is 5. The topological polar surface area (TPSA) is 97.6 Å². The van der Waals surface area contributed by atoms with Crippen LogP contribution >= 0.6 is 11.6 Å². The number of aryl methyl sites for hydroxylation is 2. The van der Waals surface area contributed by atoms with Crippen molar-refractivity contribution in [2.75, 3.05) is 5.32 Å². The van der Waals surface area contributed by atoms with Crippen molar-refractivity contribution in [2.45, 2.75) is 26.8 Å². The Balaban J connectivity index is 1.73. The molecule has 0 spiro atoms. The van der Waals surface area contributed by atoms with Gasteiger partial charge in [-0.2, -0.15) is 9.78 Å². The summed E-state index contributed by atoms with van der Waals surface area (Å²) in [5.74, 6) is 0.892. The molecule has 2 heterocycles. The molecule has 3 aromatic rings. The highest BCUT2D eigenvalue weighted by Gasteiger charge is 2.18. The van der Waals surface area contributed by atoms with Gasteiger partial charge >= 0.3 is 6.03 Å². The van der Waals surface area contributed by atoms with Crippen LogP contribution in [-0.2, 0) is 0 Å². The zero-order valence-electron chi connectivity index (χ0n) is 14.6. The van der Waals surface area contributed by atoms with E-state index in [1.807, 2.05) is 26.0 Å². The molecule has 0 unspecified atom stereocenters. The van der Waals surface area contributed by atoms with Crippen molar-refractivity contribution in [1.82, 2.24) is 30.0 Å². The summed E-state index contributed by atoms with van der Waals surface area (Å²) in [7, 11) is 0. The van der Waals surface area contributed by atoms with Gasteiger partial charge in [0.1, 0.15) is 6.33 Å². The first-order valence-electron chi connectivity index (χ1n) is 7.97. The molecule has 0 fully saturated rings. The maximum Gasteiger partial charge on any atom is 0.319 e. The Morgan fingerprint density at radius 3 is 2.58 bits per heavy atom.